The largest absolute Gasteiger partial charge is 0.497 e. The molecule has 4 aromatic carbocycles. The minimum atomic E-state index is -4.41. The second-order valence-electron chi connectivity index (χ2n) is 31.0. The van der Waals surface area contributed by atoms with Gasteiger partial charge in [0, 0.05) is 138 Å². The Hall–Kier alpha value is -16.8. The maximum atomic E-state index is 13.0. The smallest absolute Gasteiger partial charge is 0.418 e. The summed E-state index contributed by atoms with van der Waals surface area (Å²) in [6.45, 7) is 6.91. The predicted octanol–water partition coefficient (Wildman–Crippen LogP) is 27.8. The molecule has 17 aromatic heterocycles. The van der Waals surface area contributed by atoms with Crippen molar-refractivity contribution in [1.29, 1.82) is 0 Å². The van der Waals surface area contributed by atoms with Gasteiger partial charge < -0.3 is 61.1 Å². The minimum absolute atomic E-state index is 0.0167. The topological polar surface area (TPSA) is 343 Å². The molecule has 21 aromatic rings. The predicted molar refractivity (Wildman–Crippen MR) is 588 cm³/mol. The van der Waals surface area contributed by atoms with E-state index in [2.05, 4.69) is 141 Å². The van der Waals surface area contributed by atoms with Crippen LogP contribution in [0.15, 0.2) is 348 Å². The third kappa shape index (κ3) is 30.6. The minimum Gasteiger partial charge on any atom is -0.497 e. The van der Waals surface area contributed by atoms with Gasteiger partial charge in [-0.15, -0.1) is 79.4 Å². The van der Waals surface area contributed by atoms with Crippen molar-refractivity contribution in [2.45, 2.75) is 33.4 Å². The van der Waals surface area contributed by atoms with Crippen LogP contribution in [-0.4, -0.2) is 134 Å². The molecular weight excluding hydrogens is 1980 g/mol. The molecule has 0 aliphatic heterocycles. The van der Waals surface area contributed by atoms with E-state index < -0.39 is 11.7 Å². The van der Waals surface area contributed by atoms with Gasteiger partial charge in [0.2, 0.25) is 0 Å². The van der Waals surface area contributed by atoms with E-state index in [9.17, 15) is 13.2 Å². The second kappa shape index (κ2) is 52.8. The van der Waals surface area contributed by atoms with Crippen molar-refractivity contribution in [3.63, 3.8) is 0 Å². The molecule has 0 spiro atoms. The number of para-hydroxylation sites is 2. The first-order valence-corrected chi connectivity index (χ1v) is 51.0. The van der Waals surface area contributed by atoms with Gasteiger partial charge in [-0.05, 0) is 201 Å². The second-order valence-corrected chi connectivity index (χ2v) is 37.0. The third-order valence-electron chi connectivity index (χ3n) is 20.6. The number of halogens is 3. The van der Waals surface area contributed by atoms with Crippen molar-refractivity contribution in [2.24, 2.45) is 0 Å². The molecule has 0 aliphatic rings. The average Bonchev–Trinajstić information content (AvgIpc) is 1.69. The summed E-state index contributed by atoms with van der Waals surface area (Å²) in [7, 11) is 10.5. The summed E-state index contributed by atoms with van der Waals surface area (Å²) in [6.07, 6.45) is 15.9. The molecule has 0 radical (unpaired) electrons. The van der Waals surface area contributed by atoms with Gasteiger partial charge >= 0.3 is 6.18 Å². The van der Waals surface area contributed by atoms with Gasteiger partial charge in [-0.25, -0.2) is 49.8 Å². The number of aromatic nitrogens is 17. The molecule has 0 unspecified atom stereocenters. The fourth-order valence-electron chi connectivity index (χ4n) is 13.1. The number of rotatable bonds is 28. The van der Waals surface area contributed by atoms with E-state index in [0.717, 1.165) is 181 Å². The van der Waals surface area contributed by atoms with Gasteiger partial charge in [0.1, 0.15) is 63.1 Å². The van der Waals surface area contributed by atoms with E-state index in [1.807, 2.05) is 278 Å². The quantitative estimate of drug-likeness (QED) is 0.0239. The highest BCUT2D eigenvalue weighted by molar-refractivity contribution is 7.16. The zero-order valence-corrected chi connectivity index (χ0v) is 85.8. The number of nitrogens with one attached hydrogen (secondary N) is 7. The highest BCUT2D eigenvalue weighted by Gasteiger charge is 2.33. The lowest BCUT2D eigenvalue weighted by atomic mass is 10.1. The first-order valence-electron chi connectivity index (χ1n) is 44.9. The summed E-state index contributed by atoms with van der Waals surface area (Å²) in [5, 5.41) is 41.5. The normalized spacial score (nSPS) is 10.5. The monoisotopic (exact) mass is 2080 g/mol. The molecule has 0 amide bonds. The number of anilines is 14. The van der Waals surface area contributed by atoms with Crippen molar-refractivity contribution < 1.29 is 32.1 Å². The van der Waals surface area contributed by atoms with E-state index >= 15 is 0 Å². The van der Waals surface area contributed by atoms with Gasteiger partial charge in [0.25, 0.3) is 0 Å². The van der Waals surface area contributed by atoms with Crippen LogP contribution in [0, 0.1) is 20.8 Å². The van der Waals surface area contributed by atoms with E-state index in [-0.39, 0.29) is 5.69 Å². The Morgan fingerprint density at radius 2 is 0.719 bits per heavy atom. The zero-order chi connectivity index (χ0) is 102. The van der Waals surface area contributed by atoms with Crippen LogP contribution in [0.25, 0.3) is 79.6 Å². The van der Waals surface area contributed by atoms with Crippen molar-refractivity contribution in [2.75, 3.05) is 91.2 Å². The number of ether oxygens (including phenoxy) is 4. The Kier molecular flexibility index (Phi) is 37.4. The summed E-state index contributed by atoms with van der Waals surface area (Å²) in [5.74, 6) is 5.37. The van der Waals surface area contributed by atoms with Crippen LogP contribution in [0.5, 0.6) is 23.0 Å². The number of pyridine rings is 10. The molecule has 29 nitrogen and oxygen atoms in total. The maximum absolute atomic E-state index is 13.0. The van der Waals surface area contributed by atoms with E-state index in [1.165, 1.54) is 57.3 Å². The van der Waals surface area contributed by atoms with Crippen LogP contribution in [-0.2, 0) is 12.6 Å². The molecule has 736 valence electrons. The average molecular weight is 2080 g/mol. The van der Waals surface area contributed by atoms with Crippen molar-refractivity contribution in [1.82, 2.24) is 84.7 Å². The van der Waals surface area contributed by atoms with Gasteiger partial charge in [-0.2, -0.15) is 13.2 Å². The van der Waals surface area contributed by atoms with Gasteiger partial charge in [0.15, 0.2) is 47.4 Å². The SMILES string of the molecule is CN(C)c1ccc(Nc2nc(-c3ccccn3)cs2)nc1.COc1ccc(CCNc2nc(-c3ccccn3)cs2)cc1OC.COc1ccc(Nc2nc(-c3ccccn3)cs2)c(OC)c1.Cc1ccc(Nc2nc(-c3ccccn3)cs2)nc1.Cc1ccccc1Nc1nc(-c2ccccn2)cs1.Cc1cccnc1Nc1nc(-c2cccnc2)cs1.FC(F)(F)c1ccccc1Nc1nc(-c2ccccn2)cs1. The fraction of sp³-hybridized carbons (Fsp3) is 0.112. The Labute approximate surface area is 869 Å². The molecule has 0 bridgehead atoms. The van der Waals surface area contributed by atoms with Crippen LogP contribution in [0.3, 0.4) is 0 Å². The number of aryl methyl sites for hydroxylation is 3. The van der Waals surface area contributed by atoms with E-state index in [4.69, 9.17) is 18.9 Å². The summed E-state index contributed by atoms with van der Waals surface area (Å²) in [5.41, 5.74) is 18.9. The van der Waals surface area contributed by atoms with Crippen LogP contribution < -0.4 is 61.1 Å². The van der Waals surface area contributed by atoms with Crippen LogP contribution >= 0.6 is 79.4 Å². The summed E-state index contributed by atoms with van der Waals surface area (Å²) in [6, 6.07) is 75.3. The molecule has 0 aliphatic carbocycles. The molecule has 146 heavy (non-hydrogen) atoms. The molecular formula is C107H96F3N25O4S7. The Bertz CT molecular complexity index is 7440. The van der Waals surface area contributed by atoms with Crippen molar-refractivity contribution in [3.05, 3.63) is 376 Å². The highest BCUT2D eigenvalue weighted by Crippen LogP contribution is 2.40. The number of hydrogen-bond acceptors (Lipinski definition) is 36. The Balaban J connectivity index is 0.000000128. The van der Waals surface area contributed by atoms with Crippen molar-refractivity contribution in [3.8, 4) is 103 Å². The number of hydrogen-bond donors (Lipinski definition) is 7. The highest BCUT2D eigenvalue weighted by atomic mass is 32.1. The number of nitrogens with zero attached hydrogens (tertiary/aromatic N) is 18. The molecule has 7 N–H and O–H groups in total. The van der Waals surface area contributed by atoms with Gasteiger partial charge in [-0.1, -0.05) is 84.9 Å². The lowest BCUT2D eigenvalue weighted by molar-refractivity contribution is -0.136. The number of thiazole rings is 7. The first-order chi connectivity index (χ1) is 71.3. The standard InChI is InChI=1S/C18H19N3O2S.C16H15N3O2S.C15H10F3N3S.C15H15N5S.C15H13N3S.2C14H12N4S/c1-22-16-7-6-13(11-17(16)23-2)8-10-20-18-21-15(12-24-18)14-5-3-4-9-19-14;1-20-11-6-7-13(15(9-11)21-2)18-16-19-14(10-22-16)12-5-3-4-8-17-12;16-15(17,18)10-5-1-2-6-11(10)20-14-21-13(9-22-14)12-7-3-4-8-19-12;1-20(2)11-6-7-14(17-9-11)19-15-18-13(10-21-15)12-5-3-4-8-16-12;1-11-6-2-3-7-12(11)17-15-18-14(10-19-15)13-8-4-5-9-16-13;1-10-4-2-7-16-13(10)18-14-17-12(9-19-14)11-5-3-6-15-8-11;1-10-5-6-13(16-8-10)18-14-17-12(9-19-14)11-4-2-3-7-15-11/h3-7,9,11-12H,8,10H2,1-2H3,(H,20,21);3-10H,1-2H3,(H,18,19);1-9H,(H,20,21);3-10H,1-2H3,(H,17,18,19);2-10H,1H3,(H,17,18);2*2-9H,1H3,(H,16,17,18). The fourth-order valence-corrected chi connectivity index (χ4v) is 18.2. The van der Waals surface area contributed by atoms with E-state index in [1.54, 1.807) is 147 Å². The Morgan fingerprint density at radius 1 is 0.308 bits per heavy atom. The maximum Gasteiger partial charge on any atom is 0.418 e. The number of alkyl halides is 3. The molecule has 39 heteroatoms. The number of methoxy groups -OCH3 is 4. The molecule has 0 saturated carbocycles. The molecule has 21 rings (SSSR count). The lowest BCUT2D eigenvalue weighted by Gasteiger charge is -2.12. The number of benzene rings is 4. The van der Waals surface area contributed by atoms with E-state index in [0.29, 0.717) is 22.3 Å². The molecule has 17 heterocycles. The third-order valence-corrected chi connectivity index (χ3v) is 25.9. The zero-order valence-electron chi connectivity index (χ0n) is 80.1. The summed E-state index contributed by atoms with van der Waals surface area (Å²) >= 11 is 10.6. The van der Waals surface area contributed by atoms with Crippen molar-refractivity contribution >= 4 is 155 Å². The Morgan fingerprint density at radius 3 is 1.15 bits per heavy atom. The molecule has 0 atom stereocenters. The van der Waals surface area contributed by atoms with Crippen LogP contribution in [0.1, 0.15) is 27.8 Å². The van der Waals surface area contributed by atoms with Crippen LogP contribution in [0.2, 0.25) is 0 Å². The van der Waals surface area contributed by atoms with Gasteiger partial charge in [0.05, 0.1) is 97.1 Å². The molecule has 0 fully saturated rings. The lowest BCUT2D eigenvalue weighted by Crippen LogP contribution is -2.08. The molecule has 0 saturated heterocycles. The summed E-state index contributed by atoms with van der Waals surface area (Å²) < 4.78 is 60.0. The summed E-state index contributed by atoms with van der Waals surface area (Å²) in [4.78, 5) is 76.3. The van der Waals surface area contributed by atoms with Crippen LogP contribution in [0.4, 0.5) is 89.3 Å². The first kappa shape index (κ1) is 104. The van der Waals surface area contributed by atoms with Gasteiger partial charge in [-0.3, -0.25) is 34.9 Å².